The molecule has 0 saturated carbocycles. The SMILES string of the molecule is C.O.OCSCC1CCOCC1. The van der Waals surface area contributed by atoms with Gasteiger partial charge in [-0.3, -0.25) is 0 Å². The normalized spacial score (nSPS) is 17.8. The van der Waals surface area contributed by atoms with Crippen LogP contribution in [0.4, 0.5) is 0 Å². The number of rotatable bonds is 3. The first-order valence-corrected chi connectivity index (χ1v) is 4.85. The van der Waals surface area contributed by atoms with Gasteiger partial charge in [-0.25, -0.2) is 0 Å². The zero-order chi connectivity index (χ0) is 7.23. The molecule has 0 atom stereocenters. The van der Waals surface area contributed by atoms with Crippen molar-refractivity contribution < 1.29 is 15.3 Å². The average molecular weight is 196 g/mol. The highest BCUT2D eigenvalue weighted by atomic mass is 32.2. The van der Waals surface area contributed by atoms with Gasteiger partial charge in [0, 0.05) is 13.2 Å². The van der Waals surface area contributed by atoms with E-state index >= 15 is 0 Å². The quantitative estimate of drug-likeness (QED) is 0.682. The van der Waals surface area contributed by atoms with E-state index in [0.717, 1.165) is 24.9 Å². The molecule has 76 valence electrons. The van der Waals surface area contributed by atoms with Gasteiger partial charge >= 0.3 is 0 Å². The Balaban J connectivity index is 0. The summed E-state index contributed by atoms with van der Waals surface area (Å²) in [5.74, 6) is 2.14. The van der Waals surface area contributed by atoms with E-state index in [1.807, 2.05) is 0 Å². The fourth-order valence-corrected chi connectivity index (χ4v) is 1.90. The van der Waals surface area contributed by atoms with E-state index in [1.54, 1.807) is 11.8 Å². The number of hydrogen-bond acceptors (Lipinski definition) is 3. The van der Waals surface area contributed by atoms with Crippen LogP contribution in [0.1, 0.15) is 20.3 Å². The summed E-state index contributed by atoms with van der Waals surface area (Å²) in [7, 11) is 0. The summed E-state index contributed by atoms with van der Waals surface area (Å²) >= 11 is 1.61. The Kier molecular flexibility index (Phi) is 11.4. The van der Waals surface area contributed by atoms with Crippen LogP contribution in [-0.4, -0.2) is 35.5 Å². The van der Waals surface area contributed by atoms with Crippen molar-refractivity contribution in [3.05, 3.63) is 0 Å². The molecule has 0 amide bonds. The van der Waals surface area contributed by atoms with Crippen LogP contribution < -0.4 is 0 Å². The highest BCUT2D eigenvalue weighted by Crippen LogP contribution is 2.18. The highest BCUT2D eigenvalue weighted by Gasteiger charge is 2.12. The number of aliphatic hydroxyl groups excluding tert-OH is 1. The third kappa shape index (κ3) is 5.83. The second kappa shape index (κ2) is 9.32. The third-order valence-corrected chi connectivity index (χ3v) is 2.68. The summed E-state index contributed by atoms with van der Waals surface area (Å²) in [6, 6.07) is 0. The molecule has 1 aliphatic rings. The van der Waals surface area contributed by atoms with Gasteiger partial charge in [0.1, 0.15) is 0 Å². The molecule has 1 fully saturated rings. The van der Waals surface area contributed by atoms with Crippen LogP contribution in [0.2, 0.25) is 0 Å². The molecule has 0 aromatic rings. The summed E-state index contributed by atoms with van der Waals surface area (Å²) in [4.78, 5) is 0. The molecule has 1 heterocycles. The maximum atomic E-state index is 8.53. The summed E-state index contributed by atoms with van der Waals surface area (Å²) in [5.41, 5.74) is 0. The predicted octanol–water partition coefficient (Wildman–Crippen LogP) is 0.907. The maximum absolute atomic E-state index is 8.53. The van der Waals surface area contributed by atoms with Crippen molar-refractivity contribution >= 4 is 11.8 Å². The molecule has 4 heteroatoms. The molecule has 1 rings (SSSR count). The van der Waals surface area contributed by atoms with Crippen molar-refractivity contribution in [2.75, 3.05) is 24.9 Å². The Morgan fingerprint density at radius 1 is 1.33 bits per heavy atom. The molecule has 0 aliphatic carbocycles. The average Bonchev–Trinajstić information content (AvgIpc) is 2.03. The van der Waals surface area contributed by atoms with Crippen molar-refractivity contribution in [3.63, 3.8) is 0 Å². The van der Waals surface area contributed by atoms with E-state index in [9.17, 15) is 0 Å². The molecular formula is C8H20O3S. The standard InChI is InChI=1S/C7H14O2S.CH4.H2O/c8-6-10-5-7-1-3-9-4-2-7;;/h7-8H,1-6H2;1H4;1H2. The number of ether oxygens (including phenoxy) is 1. The predicted molar refractivity (Wildman–Crippen MR) is 53.4 cm³/mol. The first-order chi connectivity index (χ1) is 4.93. The lowest BCUT2D eigenvalue weighted by molar-refractivity contribution is 0.0727. The van der Waals surface area contributed by atoms with Gasteiger partial charge in [0.2, 0.25) is 0 Å². The first kappa shape index (κ1) is 14.7. The Morgan fingerprint density at radius 2 is 1.92 bits per heavy atom. The van der Waals surface area contributed by atoms with E-state index < -0.39 is 0 Å². The van der Waals surface area contributed by atoms with Gasteiger partial charge in [-0.1, -0.05) is 7.43 Å². The van der Waals surface area contributed by atoms with Gasteiger partial charge in [-0.2, -0.15) is 0 Å². The molecule has 0 spiro atoms. The molecule has 0 aromatic heterocycles. The molecule has 0 bridgehead atoms. The van der Waals surface area contributed by atoms with E-state index in [1.165, 1.54) is 12.8 Å². The lowest BCUT2D eigenvalue weighted by Crippen LogP contribution is -2.17. The highest BCUT2D eigenvalue weighted by molar-refractivity contribution is 7.99. The minimum absolute atomic E-state index is 0. The van der Waals surface area contributed by atoms with E-state index in [-0.39, 0.29) is 18.8 Å². The molecule has 3 N–H and O–H groups in total. The molecule has 0 radical (unpaired) electrons. The van der Waals surface area contributed by atoms with Crippen molar-refractivity contribution in [1.29, 1.82) is 0 Å². The van der Waals surface area contributed by atoms with Gasteiger partial charge in [0.15, 0.2) is 0 Å². The van der Waals surface area contributed by atoms with Crippen LogP contribution in [0.5, 0.6) is 0 Å². The van der Waals surface area contributed by atoms with Crippen molar-refractivity contribution in [2.45, 2.75) is 20.3 Å². The smallest absolute Gasteiger partial charge is 0.0886 e. The van der Waals surface area contributed by atoms with Crippen molar-refractivity contribution in [3.8, 4) is 0 Å². The molecular weight excluding hydrogens is 176 g/mol. The van der Waals surface area contributed by atoms with Crippen LogP contribution in [0, 0.1) is 5.92 Å². The lowest BCUT2D eigenvalue weighted by Gasteiger charge is -2.20. The zero-order valence-corrected chi connectivity index (χ0v) is 7.40. The third-order valence-electron chi connectivity index (χ3n) is 1.79. The minimum atomic E-state index is 0. The topological polar surface area (TPSA) is 61.0 Å². The van der Waals surface area contributed by atoms with Gasteiger partial charge in [-0.05, 0) is 24.5 Å². The summed E-state index contributed by atoms with van der Waals surface area (Å²) < 4.78 is 5.21. The maximum Gasteiger partial charge on any atom is 0.0886 e. The Labute approximate surface area is 78.8 Å². The van der Waals surface area contributed by atoms with Gasteiger partial charge in [0.05, 0.1) is 5.94 Å². The zero-order valence-electron chi connectivity index (χ0n) is 6.58. The van der Waals surface area contributed by atoms with Crippen LogP contribution in [-0.2, 0) is 4.74 Å². The fraction of sp³-hybridized carbons (Fsp3) is 1.00. The minimum Gasteiger partial charge on any atom is -0.412 e. The van der Waals surface area contributed by atoms with Crippen LogP contribution in [0.3, 0.4) is 0 Å². The second-order valence-electron chi connectivity index (χ2n) is 2.56. The molecule has 1 saturated heterocycles. The van der Waals surface area contributed by atoms with Crippen molar-refractivity contribution in [2.24, 2.45) is 5.92 Å². The first-order valence-electron chi connectivity index (χ1n) is 3.70. The summed E-state index contributed by atoms with van der Waals surface area (Å²) in [6.45, 7) is 1.83. The molecule has 0 aromatic carbocycles. The van der Waals surface area contributed by atoms with E-state index in [2.05, 4.69) is 0 Å². The fourth-order valence-electron chi connectivity index (χ4n) is 1.13. The van der Waals surface area contributed by atoms with Gasteiger partial charge < -0.3 is 15.3 Å². The Morgan fingerprint density at radius 3 is 2.42 bits per heavy atom. The number of thioether (sulfide) groups is 1. The number of hydrogen-bond donors (Lipinski definition) is 1. The van der Waals surface area contributed by atoms with Crippen LogP contribution in [0.15, 0.2) is 0 Å². The molecule has 1 aliphatic heterocycles. The second-order valence-corrected chi connectivity index (χ2v) is 3.56. The van der Waals surface area contributed by atoms with Crippen LogP contribution in [0.25, 0.3) is 0 Å². The van der Waals surface area contributed by atoms with Crippen LogP contribution >= 0.6 is 11.8 Å². The van der Waals surface area contributed by atoms with Gasteiger partial charge in [-0.15, -0.1) is 11.8 Å². The monoisotopic (exact) mass is 196 g/mol. The number of aliphatic hydroxyl groups is 1. The lowest BCUT2D eigenvalue weighted by atomic mass is 10.0. The Hall–Kier alpha value is 0.230. The van der Waals surface area contributed by atoms with E-state index in [0.29, 0.717) is 0 Å². The molecule has 3 nitrogen and oxygen atoms in total. The van der Waals surface area contributed by atoms with E-state index in [4.69, 9.17) is 9.84 Å². The Bertz CT molecular complexity index is 84.4. The molecule has 12 heavy (non-hydrogen) atoms. The largest absolute Gasteiger partial charge is 0.412 e. The van der Waals surface area contributed by atoms with Gasteiger partial charge in [0.25, 0.3) is 0 Å². The molecule has 0 unspecified atom stereocenters. The van der Waals surface area contributed by atoms with Crippen molar-refractivity contribution in [1.82, 2.24) is 0 Å². The summed E-state index contributed by atoms with van der Waals surface area (Å²) in [6.07, 6.45) is 2.35. The summed E-state index contributed by atoms with van der Waals surface area (Å²) in [5, 5.41) is 8.53.